The van der Waals surface area contributed by atoms with Crippen LogP contribution in [0.15, 0.2) is 51.8 Å². The zero-order valence-corrected chi connectivity index (χ0v) is 16.8. The van der Waals surface area contributed by atoms with Gasteiger partial charge in [-0.15, -0.1) is 0 Å². The third-order valence-electron chi connectivity index (χ3n) is 3.52. The minimum atomic E-state index is -3.78. The number of nitrogens with one attached hydrogen (secondary N) is 2. The van der Waals surface area contributed by atoms with Crippen molar-refractivity contribution in [3.05, 3.63) is 58.1 Å². The Morgan fingerprint density at radius 2 is 1.81 bits per heavy atom. The molecule has 2 aromatic carbocycles. The number of methoxy groups -OCH3 is 1. The molecule has 2 aromatic rings. The number of nitrogens with two attached hydrogens (primary N) is 1. The summed E-state index contributed by atoms with van der Waals surface area (Å²) in [6.45, 7) is 0.340. The van der Waals surface area contributed by atoms with Crippen LogP contribution in [0.2, 0.25) is 0 Å². The van der Waals surface area contributed by atoms with Gasteiger partial charge < -0.3 is 15.8 Å². The van der Waals surface area contributed by atoms with Gasteiger partial charge in [0.15, 0.2) is 0 Å². The predicted octanol–water partition coefficient (Wildman–Crippen LogP) is 1.72. The highest BCUT2D eigenvalue weighted by molar-refractivity contribution is 9.10. The molecular weight excluding hydrogens is 438 g/mol. The normalized spacial score (nSPS) is 11.2. The van der Waals surface area contributed by atoms with Gasteiger partial charge in [-0.3, -0.25) is 9.59 Å². The summed E-state index contributed by atoms with van der Waals surface area (Å²) in [5.74, 6) is -1.09. The van der Waals surface area contributed by atoms with Gasteiger partial charge in [-0.25, -0.2) is 13.1 Å². The van der Waals surface area contributed by atoms with Crippen LogP contribution in [0.5, 0.6) is 0 Å². The first-order valence-corrected chi connectivity index (χ1v) is 10.0. The fourth-order valence-electron chi connectivity index (χ4n) is 2.12. The van der Waals surface area contributed by atoms with Crippen LogP contribution in [0, 0.1) is 0 Å². The van der Waals surface area contributed by atoms with Gasteiger partial charge in [0.2, 0.25) is 15.9 Å². The van der Waals surface area contributed by atoms with Crippen LogP contribution in [0.1, 0.15) is 20.7 Å². The molecule has 0 heterocycles. The minimum Gasteiger partial charge on any atom is -0.383 e. The Kier molecular flexibility index (Phi) is 7.08. The van der Waals surface area contributed by atoms with Crippen LogP contribution in [0.4, 0.5) is 5.69 Å². The van der Waals surface area contributed by atoms with Crippen molar-refractivity contribution >= 4 is 43.5 Å². The molecule has 0 radical (unpaired) electrons. The Morgan fingerprint density at radius 1 is 1.15 bits per heavy atom. The first-order chi connectivity index (χ1) is 12.7. The van der Waals surface area contributed by atoms with Gasteiger partial charge in [-0.1, -0.05) is 0 Å². The molecule has 144 valence electrons. The molecule has 0 spiro atoms. The molecule has 0 aromatic heterocycles. The van der Waals surface area contributed by atoms with E-state index in [0.717, 1.165) is 0 Å². The fourth-order valence-corrected chi connectivity index (χ4v) is 3.59. The average molecular weight is 456 g/mol. The van der Waals surface area contributed by atoms with E-state index in [0.29, 0.717) is 15.7 Å². The fraction of sp³-hybridized carbons (Fsp3) is 0.176. The number of anilines is 1. The SMILES string of the molecule is COCCNS(=O)(=O)c1ccc(Br)c(C(=O)Nc2ccc(C(N)=O)cc2)c1. The standard InChI is InChI=1S/C17H18BrN3O5S/c1-26-9-8-20-27(24,25)13-6-7-15(18)14(10-13)17(23)21-12-4-2-11(3-5-12)16(19)22/h2-7,10,20H,8-9H2,1H3,(H2,19,22)(H,21,23). The van der Waals surface area contributed by atoms with Crippen LogP contribution < -0.4 is 15.8 Å². The lowest BCUT2D eigenvalue weighted by molar-refractivity contribution is 0.0998. The molecule has 0 aliphatic carbocycles. The number of sulfonamides is 1. The largest absolute Gasteiger partial charge is 0.383 e. The second-order valence-electron chi connectivity index (χ2n) is 5.43. The van der Waals surface area contributed by atoms with Crippen molar-refractivity contribution in [3.8, 4) is 0 Å². The lowest BCUT2D eigenvalue weighted by Gasteiger charge is -2.11. The number of carbonyl (C=O) groups is 2. The summed E-state index contributed by atoms with van der Waals surface area (Å²) in [5, 5.41) is 2.64. The molecule has 2 amide bonds. The molecule has 0 bridgehead atoms. The van der Waals surface area contributed by atoms with E-state index < -0.39 is 21.8 Å². The Hall–Kier alpha value is -2.27. The van der Waals surface area contributed by atoms with Gasteiger partial charge >= 0.3 is 0 Å². The van der Waals surface area contributed by atoms with E-state index >= 15 is 0 Å². The zero-order valence-electron chi connectivity index (χ0n) is 14.4. The van der Waals surface area contributed by atoms with Gasteiger partial charge in [0.05, 0.1) is 17.1 Å². The Bertz CT molecular complexity index is 946. The molecule has 2 rings (SSSR count). The summed E-state index contributed by atoms with van der Waals surface area (Å²) < 4.78 is 32.2. The summed E-state index contributed by atoms with van der Waals surface area (Å²) >= 11 is 3.25. The van der Waals surface area contributed by atoms with Crippen molar-refractivity contribution in [2.45, 2.75) is 4.90 Å². The molecule has 0 aliphatic heterocycles. The smallest absolute Gasteiger partial charge is 0.256 e. The molecule has 0 saturated carbocycles. The van der Waals surface area contributed by atoms with Crippen LogP contribution in [-0.2, 0) is 14.8 Å². The molecule has 0 fully saturated rings. The second kappa shape index (κ2) is 9.09. The number of carbonyl (C=O) groups excluding carboxylic acids is 2. The molecule has 0 saturated heterocycles. The van der Waals surface area contributed by atoms with E-state index in [9.17, 15) is 18.0 Å². The van der Waals surface area contributed by atoms with E-state index in [1.165, 1.54) is 49.6 Å². The molecular formula is C17H18BrN3O5S. The van der Waals surface area contributed by atoms with Gasteiger partial charge in [0.25, 0.3) is 5.91 Å². The van der Waals surface area contributed by atoms with Crippen LogP contribution in [0.3, 0.4) is 0 Å². The van der Waals surface area contributed by atoms with Crippen molar-refractivity contribution in [1.29, 1.82) is 0 Å². The first kappa shape index (κ1) is 21.0. The second-order valence-corrected chi connectivity index (χ2v) is 8.05. The van der Waals surface area contributed by atoms with E-state index in [1.54, 1.807) is 0 Å². The van der Waals surface area contributed by atoms with Crippen molar-refractivity contribution in [2.24, 2.45) is 5.73 Å². The zero-order chi connectivity index (χ0) is 20.0. The Morgan fingerprint density at radius 3 is 2.41 bits per heavy atom. The Labute approximate surface area is 165 Å². The molecule has 0 unspecified atom stereocenters. The molecule has 27 heavy (non-hydrogen) atoms. The van der Waals surface area contributed by atoms with Gasteiger partial charge in [0, 0.05) is 29.4 Å². The maximum absolute atomic E-state index is 12.5. The molecule has 10 heteroatoms. The molecule has 0 aliphatic rings. The molecule has 0 atom stereocenters. The number of halogens is 1. The molecule has 4 N–H and O–H groups in total. The predicted molar refractivity (Wildman–Crippen MR) is 104 cm³/mol. The number of amides is 2. The minimum absolute atomic E-state index is 0.0453. The lowest BCUT2D eigenvalue weighted by Crippen LogP contribution is -2.27. The third kappa shape index (κ3) is 5.60. The van der Waals surface area contributed by atoms with Gasteiger partial charge in [-0.2, -0.15) is 0 Å². The van der Waals surface area contributed by atoms with Crippen LogP contribution in [-0.4, -0.2) is 40.5 Å². The average Bonchev–Trinajstić information content (AvgIpc) is 2.62. The lowest BCUT2D eigenvalue weighted by atomic mass is 10.1. The summed E-state index contributed by atoms with van der Waals surface area (Å²) in [6.07, 6.45) is 0. The topological polar surface area (TPSA) is 128 Å². The number of benzene rings is 2. The highest BCUT2D eigenvalue weighted by Crippen LogP contribution is 2.22. The van der Waals surface area contributed by atoms with Crippen molar-refractivity contribution in [3.63, 3.8) is 0 Å². The highest BCUT2D eigenvalue weighted by atomic mass is 79.9. The van der Waals surface area contributed by atoms with E-state index in [-0.39, 0.29) is 23.6 Å². The summed E-state index contributed by atoms with van der Waals surface area (Å²) in [4.78, 5) is 23.6. The first-order valence-electron chi connectivity index (χ1n) is 7.74. The summed E-state index contributed by atoms with van der Waals surface area (Å²) in [6, 6.07) is 10.2. The third-order valence-corrected chi connectivity index (χ3v) is 5.67. The van der Waals surface area contributed by atoms with Crippen LogP contribution in [0.25, 0.3) is 0 Å². The maximum Gasteiger partial charge on any atom is 0.256 e. The van der Waals surface area contributed by atoms with Crippen molar-refractivity contribution < 1.29 is 22.7 Å². The molecule has 8 nitrogen and oxygen atoms in total. The van der Waals surface area contributed by atoms with E-state index in [4.69, 9.17) is 10.5 Å². The van der Waals surface area contributed by atoms with Crippen molar-refractivity contribution in [1.82, 2.24) is 4.72 Å². The number of ether oxygens (including phenoxy) is 1. The summed E-state index contributed by atoms with van der Waals surface area (Å²) in [7, 11) is -2.31. The van der Waals surface area contributed by atoms with Crippen LogP contribution >= 0.6 is 15.9 Å². The maximum atomic E-state index is 12.5. The highest BCUT2D eigenvalue weighted by Gasteiger charge is 2.18. The van der Waals surface area contributed by atoms with Gasteiger partial charge in [0.1, 0.15) is 0 Å². The quantitative estimate of drug-likeness (QED) is 0.522. The van der Waals surface area contributed by atoms with Crippen molar-refractivity contribution in [2.75, 3.05) is 25.6 Å². The number of rotatable bonds is 8. The Balaban J connectivity index is 2.21. The monoisotopic (exact) mass is 455 g/mol. The van der Waals surface area contributed by atoms with E-state index in [2.05, 4.69) is 26.0 Å². The number of primary amides is 1. The van der Waals surface area contributed by atoms with Gasteiger partial charge in [-0.05, 0) is 58.4 Å². The number of hydrogen-bond acceptors (Lipinski definition) is 5. The summed E-state index contributed by atoms with van der Waals surface area (Å²) in [5.41, 5.74) is 6.06. The number of hydrogen-bond donors (Lipinski definition) is 3. The van der Waals surface area contributed by atoms with E-state index in [1.807, 2.05) is 0 Å².